The number of urea groups is 1. The van der Waals surface area contributed by atoms with Crippen LogP contribution in [0.4, 0.5) is 21.9 Å². The van der Waals surface area contributed by atoms with E-state index in [0.717, 1.165) is 0 Å². The Labute approximate surface area is 169 Å². The molecule has 0 spiro atoms. The van der Waals surface area contributed by atoms with Gasteiger partial charge in [-0.3, -0.25) is 9.59 Å². The molecule has 0 radical (unpaired) electrons. The van der Waals surface area contributed by atoms with Gasteiger partial charge in [0.05, 0.1) is 0 Å². The molecule has 0 saturated carbocycles. The highest BCUT2D eigenvalue weighted by molar-refractivity contribution is 9.10. The van der Waals surface area contributed by atoms with E-state index in [1.165, 1.54) is 10.6 Å². The first-order valence-corrected chi connectivity index (χ1v) is 9.18. The molecular formula is C20H17BrN4O3. The summed E-state index contributed by atoms with van der Waals surface area (Å²) in [4.78, 5) is 36.1. The van der Waals surface area contributed by atoms with Gasteiger partial charge in [-0.05, 0) is 52.3 Å². The molecule has 3 amide bonds. The third-order valence-corrected chi connectivity index (χ3v) is 4.17. The Balaban J connectivity index is 1.61. The Morgan fingerprint density at radius 1 is 0.821 bits per heavy atom. The average molecular weight is 441 g/mol. The second kappa shape index (κ2) is 9.01. The van der Waals surface area contributed by atoms with E-state index in [1.54, 1.807) is 48.7 Å². The summed E-state index contributed by atoms with van der Waals surface area (Å²) in [5.41, 5.74) is 1.42. The number of hydrogen-bond acceptors (Lipinski definition) is 3. The number of carbonyl (C=O) groups excluding carboxylic acids is 2. The van der Waals surface area contributed by atoms with Crippen molar-refractivity contribution in [3.05, 3.63) is 87.8 Å². The highest BCUT2D eigenvalue weighted by Gasteiger charge is 2.07. The van der Waals surface area contributed by atoms with Crippen LogP contribution in [0, 0.1) is 0 Å². The van der Waals surface area contributed by atoms with Gasteiger partial charge in [-0.2, -0.15) is 0 Å². The molecule has 142 valence electrons. The molecule has 0 fully saturated rings. The van der Waals surface area contributed by atoms with Gasteiger partial charge in [-0.1, -0.05) is 24.3 Å². The molecule has 8 heteroatoms. The number of aromatic nitrogens is 1. The second-order valence-corrected chi connectivity index (χ2v) is 6.80. The molecule has 3 aromatic rings. The maximum Gasteiger partial charge on any atom is 0.323 e. The lowest BCUT2D eigenvalue weighted by Gasteiger charge is -2.11. The molecule has 1 heterocycles. The van der Waals surface area contributed by atoms with E-state index in [9.17, 15) is 14.4 Å². The Bertz CT molecular complexity index is 1050. The molecule has 0 aliphatic carbocycles. The van der Waals surface area contributed by atoms with Crippen molar-refractivity contribution in [2.24, 2.45) is 0 Å². The van der Waals surface area contributed by atoms with Crippen LogP contribution in [-0.4, -0.2) is 16.5 Å². The standard InChI is InChI=1S/C20H17BrN4O3/c21-14-9-10-19(27)25(12-14)13-18(26)22-16-7-4-8-17(11-16)24-20(28)23-15-5-2-1-3-6-15/h1-12H,13H2,(H,22,26)(H2,23,24,28). The molecule has 0 saturated heterocycles. The number of benzene rings is 2. The van der Waals surface area contributed by atoms with Crippen molar-refractivity contribution in [2.45, 2.75) is 6.54 Å². The van der Waals surface area contributed by atoms with Crippen molar-refractivity contribution in [1.29, 1.82) is 0 Å². The largest absolute Gasteiger partial charge is 0.324 e. The van der Waals surface area contributed by atoms with Gasteiger partial charge < -0.3 is 20.5 Å². The first-order chi connectivity index (χ1) is 13.5. The molecule has 7 nitrogen and oxygen atoms in total. The van der Waals surface area contributed by atoms with E-state index in [-0.39, 0.29) is 18.0 Å². The van der Waals surface area contributed by atoms with Gasteiger partial charge in [0.1, 0.15) is 6.54 Å². The monoisotopic (exact) mass is 440 g/mol. The van der Waals surface area contributed by atoms with Gasteiger partial charge in [0.15, 0.2) is 0 Å². The molecular weight excluding hydrogens is 424 g/mol. The molecule has 3 N–H and O–H groups in total. The summed E-state index contributed by atoms with van der Waals surface area (Å²) in [6, 6.07) is 18.4. The van der Waals surface area contributed by atoms with Crippen molar-refractivity contribution >= 4 is 44.9 Å². The minimum Gasteiger partial charge on any atom is -0.324 e. The second-order valence-electron chi connectivity index (χ2n) is 5.89. The summed E-state index contributed by atoms with van der Waals surface area (Å²) in [6.07, 6.45) is 1.55. The van der Waals surface area contributed by atoms with Gasteiger partial charge in [0.25, 0.3) is 5.56 Å². The Morgan fingerprint density at radius 3 is 2.21 bits per heavy atom. The predicted molar refractivity (Wildman–Crippen MR) is 113 cm³/mol. The van der Waals surface area contributed by atoms with Gasteiger partial charge in [0.2, 0.25) is 5.91 Å². The first kappa shape index (κ1) is 19.4. The number of para-hydroxylation sites is 1. The van der Waals surface area contributed by atoms with Crippen LogP contribution >= 0.6 is 15.9 Å². The lowest BCUT2D eigenvalue weighted by Crippen LogP contribution is -2.26. The predicted octanol–water partition coefficient (Wildman–Crippen LogP) is 3.89. The minimum atomic E-state index is -0.393. The summed E-state index contributed by atoms with van der Waals surface area (Å²) in [5.74, 6) is -0.355. The van der Waals surface area contributed by atoms with Crippen LogP contribution in [0.1, 0.15) is 0 Å². The van der Waals surface area contributed by atoms with Gasteiger partial charge in [-0.15, -0.1) is 0 Å². The van der Waals surface area contributed by atoms with Crippen LogP contribution in [-0.2, 0) is 11.3 Å². The van der Waals surface area contributed by atoms with Gasteiger partial charge in [-0.25, -0.2) is 4.79 Å². The summed E-state index contributed by atoms with van der Waals surface area (Å²) in [6.45, 7) is -0.121. The van der Waals surface area contributed by atoms with Crippen molar-refractivity contribution in [3.63, 3.8) is 0 Å². The van der Waals surface area contributed by atoms with Crippen LogP contribution in [0.15, 0.2) is 82.2 Å². The smallest absolute Gasteiger partial charge is 0.323 e. The Morgan fingerprint density at radius 2 is 1.46 bits per heavy atom. The molecule has 0 aliphatic heterocycles. The maximum atomic E-state index is 12.2. The number of pyridine rings is 1. The number of hydrogen-bond donors (Lipinski definition) is 3. The van der Waals surface area contributed by atoms with Crippen LogP contribution in [0.25, 0.3) is 0 Å². The SMILES string of the molecule is O=C(Cn1cc(Br)ccc1=O)Nc1cccc(NC(=O)Nc2ccccc2)c1. The van der Waals surface area contributed by atoms with Crippen LogP contribution < -0.4 is 21.5 Å². The van der Waals surface area contributed by atoms with Crippen LogP contribution in [0.2, 0.25) is 0 Å². The minimum absolute atomic E-state index is 0.121. The Hall–Kier alpha value is -3.39. The number of rotatable bonds is 5. The molecule has 3 rings (SSSR count). The highest BCUT2D eigenvalue weighted by Crippen LogP contribution is 2.16. The molecule has 2 aromatic carbocycles. The van der Waals surface area contributed by atoms with E-state index >= 15 is 0 Å². The van der Waals surface area contributed by atoms with Gasteiger partial charge >= 0.3 is 6.03 Å². The fourth-order valence-corrected chi connectivity index (χ4v) is 2.85. The van der Waals surface area contributed by atoms with E-state index in [2.05, 4.69) is 31.9 Å². The number of nitrogens with one attached hydrogen (secondary N) is 3. The molecule has 0 unspecified atom stereocenters. The number of anilines is 3. The first-order valence-electron chi connectivity index (χ1n) is 8.38. The summed E-state index contributed by atoms with van der Waals surface area (Å²) in [5, 5.41) is 8.14. The number of amides is 3. The fourth-order valence-electron chi connectivity index (χ4n) is 2.47. The molecule has 28 heavy (non-hydrogen) atoms. The van der Waals surface area contributed by atoms with E-state index < -0.39 is 6.03 Å². The molecule has 0 atom stereocenters. The van der Waals surface area contributed by atoms with Crippen LogP contribution in [0.3, 0.4) is 0 Å². The zero-order valence-electron chi connectivity index (χ0n) is 14.7. The van der Waals surface area contributed by atoms with Crippen molar-refractivity contribution in [3.8, 4) is 0 Å². The Kier molecular flexibility index (Phi) is 6.23. The highest BCUT2D eigenvalue weighted by atomic mass is 79.9. The van der Waals surface area contributed by atoms with E-state index in [0.29, 0.717) is 21.5 Å². The fraction of sp³-hybridized carbons (Fsp3) is 0.0500. The third kappa shape index (κ3) is 5.55. The quantitative estimate of drug-likeness (QED) is 0.561. The van der Waals surface area contributed by atoms with Crippen molar-refractivity contribution in [2.75, 3.05) is 16.0 Å². The summed E-state index contributed by atoms with van der Waals surface area (Å²) in [7, 11) is 0. The molecule has 1 aromatic heterocycles. The van der Waals surface area contributed by atoms with E-state index in [1.807, 2.05) is 18.2 Å². The van der Waals surface area contributed by atoms with Crippen molar-refractivity contribution < 1.29 is 9.59 Å². The van der Waals surface area contributed by atoms with Crippen LogP contribution in [0.5, 0.6) is 0 Å². The summed E-state index contributed by atoms with van der Waals surface area (Å²) >= 11 is 3.27. The topological polar surface area (TPSA) is 92.2 Å². The normalized spacial score (nSPS) is 10.2. The number of carbonyl (C=O) groups is 2. The number of nitrogens with zero attached hydrogens (tertiary/aromatic N) is 1. The molecule has 0 bridgehead atoms. The zero-order chi connectivity index (χ0) is 19.9. The lowest BCUT2D eigenvalue weighted by molar-refractivity contribution is -0.116. The zero-order valence-corrected chi connectivity index (χ0v) is 16.3. The van der Waals surface area contributed by atoms with E-state index in [4.69, 9.17) is 0 Å². The molecule has 0 aliphatic rings. The lowest BCUT2D eigenvalue weighted by atomic mass is 10.2. The van der Waals surface area contributed by atoms with Gasteiger partial charge in [0, 0.05) is 33.8 Å². The summed E-state index contributed by atoms with van der Waals surface area (Å²) < 4.78 is 2.00. The van der Waals surface area contributed by atoms with Crippen molar-refractivity contribution in [1.82, 2.24) is 4.57 Å². The maximum absolute atomic E-state index is 12.2. The third-order valence-electron chi connectivity index (χ3n) is 3.70. The number of halogens is 1. The average Bonchev–Trinajstić information content (AvgIpc) is 2.65.